The molecule has 5 nitrogen and oxygen atoms in total. The second kappa shape index (κ2) is 11.6. The molecule has 154 valence electrons. The van der Waals surface area contributed by atoms with Gasteiger partial charge in [0.2, 0.25) is 5.91 Å². The molecular formula is C23H33NO4. The van der Waals surface area contributed by atoms with E-state index in [9.17, 15) is 14.7 Å². The van der Waals surface area contributed by atoms with Crippen LogP contribution < -0.4 is 0 Å². The lowest BCUT2D eigenvalue weighted by atomic mass is 10.1. The third-order valence-electron chi connectivity index (χ3n) is 5.14. The molecule has 1 amide bonds. The first-order valence-electron chi connectivity index (χ1n) is 10.5. The van der Waals surface area contributed by atoms with E-state index in [4.69, 9.17) is 4.74 Å². The van der Waals surface area contributed by atoms with Crippen molar-refractivity contribution in [2.24, 2.45) is 0 Å². The molecular weight excluding hydrogens is 354 g/mol. The summed E-state index contributed by atoms with van der Waals surface area (Å²) in [5.74, 6) is -0.148. The molecule has 1 fully saturated rings. The van der Waals surface area contributed by atoms with Gasteiger partial charge in [-0.1, -0.05) is 50.5 Å². The molecule has 1 aromatic carbocycles. The van der Waals surface area contributed by atoms with Crippen molar-refractivity contribution in [3.63, 3.8) is 0 Å². The van der Waals surface area contributed by atoms with Gasteiger partial charge in [-0.15, -0.1) is 0 Å². The average molecular weight is 388 g/mol. The minimum absolute atomic E-state index is 0.0622. The Kier molecular flexibility index (Phi) is 9.21. The van der Waals surface area contributed by atoms with Gasteiger partial charge in [0, 0.05) is 13.0 Å². The van der Waals surface area contributed by atoms with Gasteiger partial charge in [0.15, 0.2) is 0 Å². The Morgan fingerprint density at radius 1 is 1.29 bits per heavy atom. The zero-order chi connectivity index (χ0) is 20.4. The normalized spacial score (nSPS) is 18.0. The van der Waals surface area contributed by atoms with Gasteiger partial charge in [-0.2, -0.15) is 0 Å². The number of esters is 1. The van der Waals surface area contributed by atoms with Crippen molar-refractivity contribution in [3.8, 4) is 0 Å². The summed E-state index contributed by atoms with van der Waals surface area (Å²) < 4.78 is 4.99. The molecule has 1 heterocycles. The number of benzene rings is 1. The number of hydrogen-bond acceptors (Lipinski definition) is 4. The molecule has 0 aromatic heterocycles. The van der Waals surface area contributed by atoms with Gasteiger partial charge in [-0.25, -0.2) is 4.79 Å². The number of likely N-dealkylation sites (tertiary alicyclic amines) is 1. The number of aliphatic hydroxyl groups is 1. The topological polar surface area (TPSA) is 66.8 Å². The molecule has 1 aliphatic heterocycles. The predicted octanol–water partition coefficient (Wildman–Crippen LogP) is 3.89. The van der Waals surface area contributed by atoms with Crippen LogP contribution in [-0.4, -0.2) is 47.2 Å². The molecule has 1 N–H and O–H groups in total. The number of aliphatic hydroxyl groups excluding tert-OH is 1. The van der Waals surface area contributed by atoms with Crippen molar-refractivity contribution < 1.29 is 19.4 Å². The van der Waals surface area contributed by atoms with Gasteiger partial charge < -0.3 is 14.7 Å². The fourth-order valence-corrected chi connectivity index (χ4v) is 3.47. The van der Waals surface area contributed by atoms with E-state index in [1.165, 1.54) is 0 Å². The van der Waals surface area contributed by atoms with Crippen molar-refractivity contribution in [2.75, 3.05) is 13.2 Å². The van der Waals surface area contributed by atoms with Crippen LogP contribution in [0.3, 0.4) is 0 Å². The zero-order valence-corrected chi connectivity index (χ0v) is 17.1. The quantitative estimate of drug-likeness (QED) is 0.355. The van der Waals surface area contributed by atoms with Crippen LogP contribution in [0.2, 0.25) is 0 Å². The summed E-state index contributed by atoms with van der Waals surface area (Å²) in [7, 11) is 0. The molecule has 28 heavy (non-hydrogen) atoms. The Hall–Kier alpha value is -2.14. The third-order valence-corrected chi connectivity index (χ3v) is 5.14. The van der Waals surface area contributed by atoms with Gasteiger partial charge >= 0.3 is 5.97 Å². The lowest BCUT2D eigenvalue weighted by molar-refractivity contribution is -0.128. The van der Waals surface area contributed by atoms with Gasteiger partial charge in [0.25, 0.3) is 0 Å². The molecule has 0 aliphatic carbocycles. The van der Waals surface area contributed by atoms with Crippen LogP contribution in [0, 0.1) is 0 Å². The maximum absolute atomic E-state index is 12.2. The van der Waals surface area contributed by atoms with Crippen molar-refractivity contribution >= 4 is 11.9 Å². The number of hydrogen-bond donors (Lipinski definition) is 1. The minimum atomic E-state index is -0.431. The van der Waals surface area contributed by atoms with E-state index in [0.29, 0.717) is 25.1 Å². The van der Waals surface area contributed by atoms with Crippen LogP contribution in [0.1, 0.15) is 68.3 Å². The summed E-state index contributed by atoms with van der Waals surface area (Å²) in [6.07, 6.45) is 9.58. The smallest absolute Gasteiger partial charge is 0.338 e. The largest absolute Gasteiger partial charge is 0.462 e. The standard InChI is InChI=1S/C23H33NO4/c1-3-5-6-7-21(25)14-12-20-13-15-22(26)24(20)17-16-18-8-10-19(11-9-18)23(27)28-4-2/h8-12,14,20-21,25H,3-7,13,15-17H2,1-2H3/b14-12+/t20-,21-/m0/s1. The maximum atomic E-state index is 12.2. The third kappa shape index (κ3) is 6.79. The highest BCUT2D eigenvalue weighted by Crippen LogP contribution is 2.21. The number of carbonyl (C=O) groups excluding carboxylic acids is 2. The molecule has 1 aromatic rings. The first-order chi connectivity index (χ1) is 13.5. The first-order valence-corrected chi connectivity index (χ1v) is 10.5. The lowest BCUT2D eigenvalue weighted by Crippen LogP contribution is -2.33. The van der Waals surface area contributed by atoms with Crippen molar-refractivity contribution in [1.82, 2.24) is 4.90 Å². The van der Waals surface area contributed by atoms with E-state index < -0.39 is 6.10 Å². The molecule has 5 heteroatoms. The fraction of sp³-hybridized carbons (Fsp3) is 0.565. The molecule has 0 radical (unpaired) electrons. The lowest BCUT2D eigenvalue weighted by Gasteiger charge is -2.23. The predicted molar refractivity (Wildman–Crippen MR) is 110 cm³/mol. The van der Waals surface area contributed by atoms with Crippen LogP contribution in [0.15, 0.2) is 36.4 Å². The monoisotopic (exact) mass is 387 g/mol. The van der Waals surface area contributed by atoms with Crippen molar-refractivity contribution in [1.29, 1.82) is 0 Å². The molecule has 2 rings (SSSR count). The van der Waals surface area contributed by atoms with Gasteiger partial charge in [0.1, 0.15) is 0 Å². The van der Waals surface area contributed by atoms with E-state index in [-0.39, 0.29) is 17.9 Å². The van der Waals surface area contributed by atoms with Crippen LogP contribution in [-0.2, 0) is 16.0 Å². The van der Waals surface area contributed by atoms with Gasteiger partial charge in [-0.3, -0.25) is 4.79 Å². The summed E-state index contributed by atoms with van der Waals surface area (Å²) in [4.78, 5) is 25.9. The molecule has 1 aliphatic rings. The zero-order valence-electron chi connectivity index (χ0n) is 17.1. The van der Waals surface area contributed by atoms with Gasteiger partial charge in [0.05, 0.1) is 24.3 Å². The average Bonchev–Trinajstić information content (AvgIpc) is 3.05. The number of ether oxygens (including phenoxy) is 1. The molecule has 2 atom stereocenters. The first kappa shape index (κ1) is 22.2. The Balaban J connectivity index is 1.87. The van der Waals surface area contributed by atoms with E-state index in [2.05, 4.69) is 6.92 Å². The van der Waals surface area contributed by atoms with E-state index in [0.717, 1.165) is 44.1 Å². The van der Waals surface area contributed by atoms with Crippen LogP contribution in [0.5, 0.6) is 0 Å². The molecule has 0 spiro atoms. The maximum Gasteiger partial charge on any atom is 0.338 e. The highest BCUT2D eigenvalue weighted by Gasteiger charge is 2.28. The minimum Gasteiger partial charge on any atom is -0.462 e. The van der Waals surface area contributed by atoms with Crippen LogP contribution >= 0.6 is 0 Å². The summed E-state index contributed by atoms with van der Waals surface area (Å²) in [6.45, 7) is 4.93. The van der Waals surface area contributed by atoms with E-state index in [1.807, 2.05) is 29.2 Å². The second-order valence-electron chi connectivity index (χ2n) is 7.31. The number of amides is 1. The second-order valence-corrected chi connectivity index (χ2v) is 7.31. The molecule has 0 saturated carbocycles. The number of nitrogens with zero attached hydrogens (tertiary/aromatic N) is 1. The SMILES string of the molecule is CCCCC[C@H](O)/C=C/[C@H]1CCC(=O)N1CCc1ccc(C(=O)OCC)cc1. The fourth-order valence-electron chi connectivity index (χ4n) is 3.47. The highest BCUT2D eigenvalue weighted by atomic mass is 16.5. The summed E-state index contributed by atoms with van der Waals surface area (Å²) >= 11 is 0. The summed E-state index contributed by atoms with van der Waals surface area (Å²) in [5, 5.41) is 10.1. The van der Waals surface area contributed by atoms with Crippen LogP contribution in [0.25, 0.3) is 0 Å². The van der Waals surface area contributed by atoms with E-state index >= 15 is 0 Å². The number of unbranched alkanes of at least 4 members (excludes halogenated alkanes) is 2. The highest BCUT2D eigenvalue weighted by molar-refractivity contribution is 5.89. The summed E-state index contributed by atoms with van der Waals surface area (Å²) in [6, 6.07) is 7.42. The molecule has 1 saturated heterocycles. The summed E-state index contributed by atoms with van der Waals surface area (Å²) in [5.41, 5.74) is 1.62. The molecule has 0 bridgehead atoms. The van der Waals surface area contributed by atoms with E-state index in [1.54, 1.807) is 19.1 Å². The Morgan fingerprint density at radius 2 is 2.04 bits per heavy atom. The Labute approximate surface area is 168 Å². The number of carbonyl (C=O) groups is 2. The Bertz CT molecular complexity index is 653. The Morgan fingerprint density at radius 3 is 2.71 bits per heavy atom. The van der Waals surface area contributed by atoms with Crippen molar-refractivity contribution in [3.05, 3.63) is 47.5 Å². The van der Waals surface area contributed by atoms with Crippen LogP contribution in [0.4, 0.5) is 0 Å². The van der Waals surface area contributed by atoms with Crippen molar-refractivity contribution in [2.45, 2.75) is 70.9 Å². The van der Waals surface area contributed by atoms with Gasteiger partial charge in [-0.05, 0) is 43.9 Å². The number of rotatable bonds is 11. The molecule has 0 unspecified atom stereocenters.